The van der Waals surface area contributed by atoms with E-state index in [4.69, 9.17) is 9.52 Å². The zero-order chi connectivity index (χ0) is 18.9. The van der Waals surface area contributed by atoms with Gasteiger partial charge in [0.05, 0.1) is 12.8 Å². The minimum atomic E-state index is -2.04. The van der Waals surface area contributed by atoms with Crippen LogP contribution in [-0.2, 0) is 17.8 Å². The molecule has 7 heteroatoms. The molecule has 0 radical (unpaired) electrons. The first kappa shape index (κ1) is 18.0. The molecule has 138 valence electrons. The van der Waals surface area contributed by atoms with Crippen LogP contribution in [0.1, 0.15) is 35.5 Å². The van der Waals surface area contributed by atoms with E-state index >= 15 is 0 Å². The largest absolute Gasteiger partial charge is 0.479 e. The lowest BCUT2D eigenvalue weighted by Crippen LogP contribution is -2.46. The fourth-order valence-corrected chi connectivity index (χ4v) is 3.12. The zero-order valence-electron chi connectivity index (χ0n) is 14.7. The Balaban J connectivity index is 1.73. The van der Waals surface area contributed by atoms with E-state index < -0.39 is 24.0 Å². The summed E-state index contributed by atoms with van der Waals surface area (Å²) < 4.78 is 5.32. The van der Waals surface area contributed by atoms with E-state index in [2.05, 4.69) is 29.3 Å². The van der Waals surface area contributed by atoms with Crippen LogP contribution in [0.15, 0.2) is 41.0 Å². The standard InChI is InChI=1S/C19H22N2O5/c1-12-9-13-5-3-4-6-15(13)21(12)10-14-7-8-26-16(14)17(22)20-11-19(2,25)18(23)24/h3-8,12,25H,9-11H2,1-2H3,(H,20,22)(H,23,24). The molecule has 1 aliphatic rings. The Morgan fingerprint density at radius 1 is 1.35 bits per heavy atom. The Morgan fingerprint density at radius 2 is 2.08 bits per heavy atom. The topological polar surface area (TPSA) is 103 Å². The molecule has 0 aliphatic carbocycles. The van der Waals surface area contributed by atoms with Crippen LogP contribution in [0.3, 0.4) is 0 Å². The fraction of sp³-hybridized carbons (Fsp3) is 0.368. The second-order valence-corrected chi connectivity index (χ2v) is 6.85. The molecule has 0 spiro atoms. The number of furan rings is 1. The predicted molar refractivity (Wildman–Crippen MR) is 95.1 cm³/mol. The van der Waals surface area contributed by atoms with Crippen molar-refractivity contribution >= 4 is 17.6 Å². The van der Waals surface area contributed by atoms with Crippen LogP contribution in [0.25, 0.3) is 0 Å². The SMILES string of the molecule is CC1Cc2ccccc2N1Cc1ccoc1C(=O)NCC(C)(O)C(=O)O. The average molecular weight is 358 g/mol. The summed E-state index contributed by atoms with van der Waals surface area (Å²) in [4.78, 5) is 25.5. The number of carbonyl (C=O) groups is 2. The van der Waals surface area contributed by atoms with Gasteiger partial charge < -0.3 is 24.8 Å². The third-order valence-corrected chi connectivity index (χ3v) is 4.70. The van der Waals surface area contributed by atoms with Gasteiger partial charge in [0.1, 0.15) is 0 Å². The summed E-state index contributed by atoms with van der Waals surface area (Å²) in [7, 11) is 0. The van der Waals surface area contributed by atoms with E-state index in [1.165, 1.54) is 11.8 Å². The number of rotatable bonds is 6. The maximum absolute atomic E-state index is 12.4. The molecule has 3 N–H and O–H groups in total. The summed E-state index contributed by atoms with van der Waals surface area (Å²) in [6.45, 7) is 3.35. The van der Waals surface area contributed by atoms with Gasteiger partial charge in [-0.1, -0.05) is 18.2 Å². The van der Waals surface area contributed by atoms with Gasteiger partial charge >= 0.3 is 5.97 Å². The number of hydrogen-bond acceptors (Lipinski definition) is 5. The van der Waals surface area contributed by atoms with Crippen LogP contribution in [0, 0.1) is 0 Å². The molecule has 1 aromatic carbocycles. The van der Waals surface area contributed by atoms with Gasteiger partial charge in [-0.3, -0.25) is 4.79 Å². The molecule has 0 bridgehead atoms. The first-order valence-electron chi connectivity index (χ1n) is 8.44. The second kappa shape index (κ2) is 6.84. The molecule has 2 heterocycles. The second-order valence-electron chi connectivity index (χ2n) is 6.85. The van der Waals surface area contributed by atoms with Crippen molar-refractivity contribution in [1.82, 2.24) is 5.32 Å². The van der Waals surface area contributed by atoms with Gasteiger partial charge in [0.15, 0.2) is 11.4 Å². The molecule has 2 unspecified atom stereocenters. The molecule has 0 fully saturated rings. The molecule has 2 atom stereocenters. The van der Waals surface area contributed by atoms with Crippen molar-refractivity contribution in [3.8, 4) is 0 Å². The highest BCUT2D eigenvalue weighted by atomic mass is 16.4. The van der Waals surface area contributed by atoms with Crippen LogP contribution in [-0.4, -0.2) is 40.3 Å². The zero-order valence-corrected chi connectivity index (χ0v) is 14.7. The van der Waals surface area contributed by atoms with Crippen molar-refractivity contribution in [2.24, 2.45) is 0 Å². The Bertz CT molecular complexity index is 827. The number of carboxylic acids is 1. The molecular formula is C19H22N2O5. The Kier molecular flexibility index (Phi) is 4.73. The van der Waals surface area contributed by atoms with Crippen molar-refractivity contribution < 1.29 is 24.2 Å². The molecule has 2 aromatic rings. The maximum atomic E-state index is 12.4. The molecule has 0 saturated carbocycles. The van der Waals surface area contributed by atoms with Crippen LogP contribution >= 0.6 is 0 Å². The number of aliphatic carboxylic acids is 1. The predicted octanol–water partition coefficient (Wildman–Crippen LogP) is 1.80. The van der Waals surface area contributed by atoms with Crippen molar-refractivity contribution in [3.63, 3.8) is 0 Å². The summed E-state index contributed by atoms with van der Waals surface area (Å²) in [6, 6.07) is 10.2. The number of benzene rings is 1. The number of hydrogen-bond donors (Lipinski definition) is 3. The summed E-state index contributed by atoms with van der Waals surface area (Å²) >= 11 is 0. The minimum absolute atomic E-state index is 0.128. The maximum Gasteiger partial charge on any atom is 0.337 e. The highest BCUT2D eigenvalue weighted by Gasteiger charge is 2.32. The third kappa shape index (κ3) is 3.43. The lowest BCUT2D eigenvalue weighted by molar-refractivity contribution is -0.155. The molecule has 26 heavy (non-hydrogen) atoms. The van der Waals surface area contributed by atoms with Crippen molar-refractivity contribution in [2.45, 2.75) is 38.5 Å². The molecular weight excluding hydrogens is 336 g/mol. The fourth-order valence-electron chi connectivity index (χ4n) is 3.12. The van der Waals surface area contributed by atoms with E-state index in [1.54, 1.807) is 6.07 Å². The number of aliphatic hydroxyl groups is 1. The number of para-hydroxylation sites is 1. The minimum Gasteiger partial charge on any atom is -0.479 e. The van der Waals surface area contributed by atoms with Crippen molar-refractivity contribution in [1.29, 1.82) is 0 Å². The normalized spacial score (nSPS) is 18.3. The van der Waals surface area contributed by atoms with Gasteiger partial charge in [-0.25, -0.2) is 4.79 Å². The van der Waals surface area contributed by atoms with E-state index in [0.29, 0.717) is 18.2 Å². The van der Waals surface area contributed by atoms with Gasteiger partial charge in [-0.05, 0) is 38.0 Å². The van der Waals surface area contributed by atoms with Crippen molar-refractivity contribution in [3.05, 3.63) is 53.5 Å². The number of nitrogens with one attached hydrogen (secondary N) is 1. The number of fused-ring (bicyclic) bond motifs is 1. The Labute approximate surface area is 151 Å². The summed E-state index contributed by atoms with van der Waals surface area (Å²) in [6.07, 6.45) is 2.38. The van der Waals surface area contributed by atoms with Crippen LogP contribution in [0.4, 0.5) is 5.69 Å². The van der Waals surface area contributed by atoms with Crippen molar-refractivity contribution in [2.75, 3.05) is 11.4 Å². The van der Waals surface area contributed by atoms with E-state index in [0.717, 1.165) is 19.0 Å². The quantitative estimate of drug-likeness (QED) is 0.728. The molecule has 3 rings (SSSR count). The van der Waals surface area contributed by atoms with Crippen LogP contribution in [0.2, 0.25) is 0 Å². The first-order chi connectivity index (χ1) is 12.3. The summed E-state index contributed by atoms with van der Waals surface area (Å²) in [5, 5.41) is 21.1. The number of carbonyl (C=O) groups excluding carboxylic acids is 1. The van der Waals surface area contributed by atoms with Gasteiger partial charge in [0, 0.05) is 23.8 Å². The number of anilines is 1. The van der Waals surface area contributed by atoms with E-state index in [-0.39, 0.29) is 5.76 Å². The van der Waals surface area contributed by atoms with Gasteiger partial charge in [0.2, 0.25) is 0 Å². The Morgan fingerprint density at radius 3 is 2.81 bits per heavy atom. The summed E-state index contributed by atoms with van der Waals surface area (Å²) in [5.74, 6) is -1.82. The lowest BCUT2D eigenvalue weighted by atomic mass is 10.1. The van der Waals surface area contributed by atoms with Crippen LogP contribution < -0.4 is 10.2 Å². The smallest absolute Gasteiger partial charge is 0.337 e. The monoisotopic (exact) mass is 358 g/mol. The first-order valence-corrected chi connectivity index (χ1v) is 8.44. The molecule has 0 saturated heterocycles. The molecule has 1 amide bonds. The summed E-state index contributed by atoms with van der Waals surface area (Å²) in [5.41, 5.74) is 1.08. The van der Waals surface area contributed by atoms with Gasteiger partial charge in [-0.2, -0.15) is 0 Å². The third-order valence-electron chi connectivity index (χ3n) is 4.70. The average Bonchev–Trinajstić information content (AvgIpc) is 3.18. The van der Waals surface area contributed by atoms with E-state index in [9.17, 15) is 14.7 Å². The molecule has 7 nitrogen and oxygen atoms in total. The number of carboxylic acid groups (broad SMARTS) is 1. The lowest BCUT2D eigenvalue weighted by Gasteiger charge is -2.25. The van der Waals surface area contributed by atoms with Crippen LogP contribution in [0.5, 0.6) is 0 Å². The molecule has 1 aliphatic heterocycles. The number of nitrogens with zero attached hydrogens (tertiary/aromatic N) is 1. The van der Waals surface area contributed by atoms with E-state index in [1.807, 2.05) is 12.1 Å². The van der Waals surface area contributed by atoms with Gasteiger partial charge in [-0.15, -0.1) is 0 Å². The Hall–Kier alpha value is -2.80. The number of amides is 1. The molecule has 1 aromatic heterocycles. The highest BCUT2D eigenvalue weighted by molar-refractivity contribution is 5.93. The highest BCUT2D eigenvalue weighted by Crippen LogP contribution is 2.33. The van der Waals surface area contributed by atoms with Gasteiger partial charge in [0.25, 0.3) is 5.91 Å².